The number of furan rings is 1. The summed E-state index contributed by atoms with van der Waals surface area (Å²) >= 11 is 7.73. The molecule has 3 aromatic heterocycles. The number of aromatic nitrogens is 2. The van der Waals surface area contributed by atoms with Crippen LogP contribution in [-0.4, -0.2) is 28.3 Å². The number of fused-ring (bicyclic) bond motifs is 1. The van der Waals surface area contributed by atoms with E-state index in [9.17, 15) is 9.59 Å². The van der Waals surface area contributed by atoms with Gasteiger partial charge in [0, 0.05) is 24.0 Å². The molecular formula is C23H19ClN4O3S. The molecular weight excluding hydrogens is 448 g/mol. The molecule has 1 fully saturated rings. The number of halogens is 1. The van der Waals surface area contributed by atoms with Crippen LogP contribution in [0.1, 0.15) is 33.8 Å². The van der Waals surface area contributed by atoms with Gasteiger partial charge in [0.05, 0.1) is 27.5 Å². The van der Waals surface area contributed by atoms with E-state index >= 15 is 0 Å². The Morgan fingerprint density at radius 1 is 1.25 bits per heavy atom. The zero-order valence-corrected chi connectivity index (χ0v) is 19.0. The third kappa shape index (κ3) is 3.55. The summed E-state index contributed by atoms with van der Waals surface area (Å²) in [5.74, 6) is 0.894. The molecule has 1 aliphatic heterocycles. The first kappa shape index (κ1) is 20.7. The molecule has 1 N–H and O–H groups in total. The van der Waals surface area contributed by atoms with Crippen molar-refractivity contribution in [3.05, 3.63) is 57.8 Å². The first-order valence-corrected chi connectivity index (χ1v) is 11.3. The topological polar surface area (TPSA) is 88.3 Å². The van der Waals surface area contributed by atoms with Crippen LogP contribution >= 0.6 is 22.9 Å². The van der Waals surface area contributed by atoms with Gasteiger partial charge in [0.2, 0.25) is 5.91 Å². The van der Waals surface area contributed by atoms with Crippen molar-refractivity contribution in [2.75, 3.05) is 16.8 Å². The molecule has 162 valence electrons. The predicted molar refractivity (Wildman–Crippen MR) is 126 cm³/mol. The maximum absolute atomic E-state index is 13.1. The molecule has 0 bridgehead atoms. The largest absolute Gasteiger partial charge is 0.461 e. The summed E-state index contributed by atoms with van der Waals surface area (Å²) in [5, 5.41) is 4.21. The van der Waals surface area contributed by atoms with Crippen molar-refractivity contribution in [3.8, 4) is 11.6 Å². The molecule has 7 nitrogen and oxygen atoms in total. The first-order chi connectivity index (χ1) is 15.4. The number of anilines is 2. The number of carbonyl (C=O) groups excluding carboxylic acids is 2. The normalized spacial score (nSPS) is 13.8. The van der Waals surface area contributed by atoms with E-state index in [-0.39, 0.29) is 11.8 Å². The Morgan fingerprint density at radius 3 is 2.78 bits per heavy atom. The Hall–Kier alpha value is -3.23. The SMILES string of the molecule is Cc1nc(-c2ccco2)nc2sc(C(=O)Nc3ccc(N4CCCC4=O)c(Cl)c3)c(C)c12. The maximum atomic E-state index is 13.1. The Morgan fingerprint density at radius 2 is 2.09 bits per heavy atom. The van der Waals surface area contributed by atoms with Gasteiger partial charge in [0.1, 0.15) is 4.83 Å². The number of nitrogens with one attached hydrogen (secondary N) is 1. The van der Waals surface area contributed by atoms with Gasteiger partial charge in [0.15, 0.2) is 11.6 Å². The number of aryl methyl sites for hydroxylation is 2. The Kier molecular flexibility index (Phi) is 5.19. The molecule has 2 amide bonds. The lowest BCUT2D eigenvalue weighted by Gasteiger charge is -2.18. The zero-order valence-electron chi connectivity index (χ0n) is 17.4. The van der Waals surface area contributed by atoms with Crippen LogP contribution in [0, 0.1) is 13.8 Å². The molecule has 0 spiro atoms. The van der Waals surface area contributed by atoms with Gasteiger partial charge in [-0.15, -0.1) is 11.3 Å². The fourth-order valence-electron chi connectivity index (χ4n) is 3.97. The van der Waals surface area contributed by atoms with E-state index in [0.717, 1.165) is 27.9 Å². The van der Waals surface area contributed by atoms with Gasteiger partial charge in [0.25, 0.3) is 5.91 Å². The van der Waals surface area contributed by atoms with E-state index in [1.165, 1.54) is 11.3 Å². The van der Waals surface area contributed by atoms with Crippen LogP contribution in [0.2, 0.25) is 5.02 Å². The van der Waals surface area contributed by atoms with Crippen molar-refractivity contribution in [2.24, 2.45) is 0 Å². The molecule has 4 heterocycles. The second-order valence-electron chi connectivity index (χ2n) is 7.62. The fraction of sp³-hybridized carbons (Fsp3) is 0.217. The van der Waals surface area contributed by atoms with Crippen molar-refractivity contribution in [1.29, 1.82) is 0 Å². The molecule has 1 saturated heterocycles. The van der Waals surface area contributed by atoms with E-state index < -0.39 is 0 Å². The summed E-state index contributed by atoms with van der Waals surface area (Å²) in [6.45, 7) is 4.45. The number of hydrogen-bond acceptors (Lipinski definition) is 6. The molecule has 0 radical (unpaired) electrons. The highest BCUT2D eigenvalue weighted by atomic mass is 35.5. The van der Waals surface area contributed by atoms with Crippen molar-refractivity contribution in [3.63, 3.8) is 0 Å². The lowest BCUT2D eigenvalue weighted by atomic mass is 10.1. The summed E-state index contributed by atoms with van der Waals surface area (Å²) in [6.07, 6.45) is 2.93. The molecule has 4 aromatic rings. The van der Waals surface area contributed by atoms with E-state index in [0.29, 0.717) is 45.8 Å². The van der Waals surface area contributed by atoms with E-state index in [1.807, 2.05) is 13.8 Å². The quantitative estimate of drug-likeness (QED) is 0.423. The number of thiophene rings is 1. The number of hydrogen-bond donors (Lipinski definition) is 1. The highest BCUT2D eigenvalue weighted by Crippen LogP contribution is 2.35. The number of nitrogens with zero attached hydrogens (tertiary/aromatic N) is 3. The Bertz CT molecular complexity index is 1360. The predicted octanol–water partition coefficient (Wildman–Crippen LogP) is 5.60. The fourth-order valence-corrected chi connectivity index (χ4v) is 5.38. The molecule has 9 heteroatoms. The van der Waals surface area contributed by atoms with Crippen LogP contribution in [-0.2, 0) is 4.79 Å². The molecule has 1 aliphatic rings. The number of carbonyl (C=O) groups is 2. The molecule has 32 heavy (non-hydrogen) atoms. The van der Waals surface area contributed by atoms with Gasteiger partial charge in [-0.2, -0.15) is 0 Å². The number of benzene rings is 1. The molecule has 0 saturated carbocycles. The molecule has 0 unspecified atom stereocenters. The van der Waals surface area contributed by atoms with Gasteiger partial charge in [-0.3, -0.25) is 9.59 Å². The van der Waals surface area contributed by atoms with Crippen LogP contribution in [0.3, 0.4) is 0 Å². The average molecular weight is 467 g/mol. The standard InChI is InChI=1S/C23H19ClN4O3S/c1-12-19-13(2)25-21(17-5-4-10-31-17)27-23(19)32-20(12)22(30)26-14-7-8-16(15(24)11-14)28-9-3-6-18(28)29/h4-5,7-8,10-11H,3,6,9H2,1-2H3,(H,26,30). The van der Waals surface area contributed by atoms with E-state index in [4.69, 9.17) is 16.0 Å². The second kappa shape index (κ2) is 8.03. The van der Waals surface area contributed by atoms with Crippen LogP contribution in [0.15, 0.2) is 41.0 Å². The third-order valence-electron chi connectivity index (χ3n) is 5.49. The Balaban J connectivity index is 1.44. The summed E-state index contributed by atoms with van der Waals surface area (Å²) in [4.78, 5) is 37.2. The monoisotopic (exact) mass is 466 g/mol. The van der Waals surface area contributed by atoms with Gasteiger partial charge >= 0.3 is 0 Å². The summed E-state index contributed by atoms with van der Waals surface area (Å²) in [5.41, 5.74) is 2.85. The van der Waals surface area contributed by atoms with Crippen LogP contribution in [0.25, 0.3) is 21.8 Å². The van der Waals surface area contributed by atoms with E-state index in [1.54, 1.807) is 41.5 Å². The second-order valence-corrected chi connectivity index (χ2v) is 9.02. The van der Waals surface area contributed by atoms with Gasteiger partial charge in [-0.1, -0.05) is 11.6 Å². The highest BCUT2D eigenvalue weighted by Gasteiger charge is 2.24. The minimum atomic E-state index is -0.245. The summed E-state index contributed by atoms with van der Waals surface area (Å²) < 4.78 is 5.41. The lowest BCUT2D eigenvalue weighted by Crippen LogP contribution is -2.24. The average Bonchev–Trinajstić information content (AvgIpc) is 3.49. The van der Waals surface area contributed by atoms with Gasteiger partial charge in [-0.25, -0.2) is 9.97 Å². The first-order valence-electron chi connectivity index (χ1n) is 10.2. The summed E-state index contributed by atoms with van der Waals surface area (Å²) in [6, 6.07) is 8.78. The smallest absolute Gasteiger partial charge is 0.266 e. The minimum absolute atomic E-state index is 0.0648. The Labute approximate surface area is 193 Å². The van der Waals surface area contributed by atoms with Crippen molar-refractivity contribution >= 4 is 56.3 Å². The molecule has 0 atom stereocenters. The van der Waals surface area contributed by atoms with Crippen LogP contribution in [0.5, 0.6) is 0 Å². The van der Waals surface area contributed by atoms with Crippen LogP contribution in [0.4, 0.5) is 11.4 Å². The number of rotatable bonds is 4. The molecule has 0 aliphatic carbocycles. The van der Waals surface area contributed by atoms with Crippen molar-refractivity contribution < 1.29 is 14.0 Å². The molecule has 5 rings (SSSR count). The minimum Gasteiger partial charge on any atom is -0.461 e. The summed E-state index contributed by atoms with van der Waals surface area (Å²) in [7, 11) is 0. The highest BCUT2D eigenvalue weighted by molar-refractivity contribution is 7.20. The van der Waals surface area contributed by atoms with Crippen molar-refractivity contribution in [2.45, 2.75) is 26.7 Å². The number of amides is 2. The van der Waals surface area contributed by atoms with Gasteiger partial charge in [-0.05, 0) is 56.2 Å². The third-order valence-corrected chi connectivity index (χ3v) is 6.98. The maximum Gasteiger partial charge on any atom is 0.266 e. The van der Waals surface area contributed by atoms with Crippen LogP contribution < -0.4 is 10.2 Å². The van der Waals surface area contributed by atoms with Crippen molar-refractivity contribution in [1.82, 2.24) is 9.97 Å². The van der Waals surface area contributed by atoms with Gasteiger partial charge < -0.3 is 14.6 Å². The zero-order chi connectivity index (χ0) is 22.4. The van der Waals surface area contributed by atoms with E-state index in [2.05, 4.69) is 15.3 Å². The molecule has 1 aromatic carbocycles. The lowest BCUT2D eigenvalue weighted by molar-refractivity contribution is -0.117.